The lowest BCUT2D eigenvalue weighted by atomic mass is 10.2. The monoisotopic (exact) mass is 218 g/mol. The number of hydrogen-bond acceptors (Lipinski definition) is 4. The summed E-state index contributed by atoms with van der Waals surface area (Å²) >= 11 is 0. The molecule has 5 nitrogen and oxygen atoms in total. The molecule has 0 saturated heterocycles. The van der Waals surface area contributed by atoms with Gasteiger partial charge in [0.15, 0.2) is 5.75 Å². The molecule has 0 bridgehead atoms. The van der Waals surface area contributed by atoms with Crippen LogP contribution in [0.3, 0.4) is 0 Å². The molecule has 78 valence electrons. The molecule has 0 aliphatic rings. The standard InChI is InChI=1S/C8H10N2O3.ClH/c1-9-6-3-4-8(13-2)7(5-6)10(11)12;/h3-5,9H,1-2H3;1H. The van der Waals surface area contributed by atoms with Crippen molar-refractivity contribution in [1.29, 1.82) is 0 Å². The molecular weight excluding hydrogens is 208 g/mol. The van der Waals surface area contributed by atoms with E-state index in [-0.39, 0.29) is 23.8 Å². The fourth-order valence-corrected chi connectivity index (χ4v) is 0.988. The maximum absolute atomic E-state index is 10.5. The highest BCUT2D eigenvalue weighted by atomic mass is 35.5. The van der Waals surface area contributed by atoms with Crippen molar-refractivity contribution in [2.45, 2.75) is 0 Å². The summed E-state index contributed by atoms with van der Waals surface area (Å²) < 4.78 is 4.84. The summed E-state index contributed by atoms with van der Waals surface area (Å²) in [5.41, 5.74) is 0.654. The summed E-state index contributed by atoms with van der Waals surface area (Å²) in [6.07, 6.45) is 0. The Morgan fingerprint density at radius 2 is 2.14 bits per heavy atom. The number of rotatable bonds is 3. The van der Waals surface area contributed by atoms with E-state index in [9.17, 15) is 10.1 Å². The maximum atomic E-state index is 10.5. The average Bonchev–Trinajstić information content (AvgIpc) is 2.16. The molecule has 1 N–H and O–H groups in total. The van der Waals surface area contributed by atoms with Gasteiger partial charge in [0.1, 0.15) is 0 Å². The van der Waals surface area contributed by atoms with Crippen molar-refractivity contribution in [3.63, 3.8) is 0 Å². The quantitative estimate of drug-likeness (QED) is 0.623. The molecule has 0 atom stereocenters. The Bertz CT molecular complexity index is 330. The van der Waals surface area contributed by atoms with Gasteiger partial charge in [-0.2, -0.15) is 0 Å². The minimum Gasteiger partial charge on any atom is -0.490 e. The second kappa shape index (κ2) is 5.29. The van der Waals surface area contributed by atoms with Gasteiger partial charge in [0.05, 0.1) is 12.0 Å². The molecule has 0 fully saturated rings. The highest BCUT2D eigenvalue weighted by molar-refractivity contribution is 5.85. The molecule has 6 heteroatoms. The van der Waals surface area contributed by atoms with Gasteiger partial charge in [-0.3, -0.25) is 10.1 Å². The number of benzene rings is 1. The van der Waals surface area contributed by atoms with Crippen LogP contribution in [-0.2, 0) is 0 Å². The van der Waals surface area contributed by atoms with Crippen LogP contribution in [0.15, 0.2) is 18.2 Å². The first kappa shape index (κ1) is 12.5. The van der Waals surface area contributed by atoms with Gasteiger partial charge >= 0.3 is 5.69 Å². The van der Waals surface area contributed by atoms with E-state index < -0.39 is 4.92 Å². The van der Waals surface area contributed by atoms with E-state index in [4.69, 9.17) is 4.74 Å². The Kier molecular flexibility index (Phi) is 4.72. The Morgan fingerprint density at radius 1 is 1.50 bits per heavy atom. The molecule has 0 unspecified atom stereocenters. The van der Waals surface area contributed by atoms with Gasteiger partial charge in [0.25, 0.3) is 0 Å². The maximum Gasteiger partial charge on any atom is 0.312 e. The summed E-state index contributed by atoms with van der Waals surface area (Å²) in [6.45, 7) is 0. The van der Waals surface area contributed by atoms with Gasteiger partial charge in [0.2, 0.25) is 0 Å². The van der Waals surface area contributed by atoms with Crippen LogP contribution in [0.25, 0.3) is 0 Å². The highest BCUT2D eigenvalue weighted by Gasteiger charge is 2.14. The number of methoxy groups -OCH3 is 1. The number of nitrogens with one attached hydrogen (secondary N) is 1. The molecular formula is C8H11ClN2O3. The molecule has 0 aromatic heterocycles. The number of halogens is 1. The lowest BCUT2D eigenvalue weighted by molar-refractivity contribution is -0.385. The summed E-state index contributed by atoms with van der Waals surface area (Å²) in [6, 6.07) is 4.70. The normalized spacial score (nSPS) is 8.71. The van der Waals surface area contributed by atoms with Crippen LogP contribution in [0.4, 0.5) is 11.4 Å². The topological polar surface area (TPSA) is 64.4 Å². The smallest absolute Gasteiger partial charge is 0.312 e. The van der Waals surface area contributed by atoms with E-state index in [2.05, 4.69) is 5.32 Å². The van der Waals surface area contributed by atoms with E-state index in [0.717, 1.165) is 0 Å². The van der Waals surface area contributed by atoms with Gasteiger partial charge in [-0.15, -0.1) is 12.4 Å². The Balaban J connectivity index is 0.00000169. The second-order valence-electron chi connectivity index (χ2n) is 2.39. The van der Waals surface area contributed by atoms with E-state index >= 15 is 0 Å². The van der Waals surface area contributed by atoms with Crippen LogP contribution >= 0.6 is 12.4 Å². The van der Waals surface area contributed by atoms with Crippen molar-refractivity contribution in [1.82, 2.24) is 0 Å². The van der Waals surface area contributed by atoms with Crippen molar-refractivity contribution < 1.29 is 9.66 Å². The zero-order chi connectivity index (χ0) is 9.84. The molecule has 0 saturated carbocycles. The van der Waals surface area contributed by atoms with Gasteiger partial charge in [-0.1, -0.05) is 0 Å². The molecule has 0 aliphatic carbocycles. The lowest BCUT2D eigenvalue weighted by Gasteiger charge is -2.03. The van der Waals surface area contributed by atoms with E-state index in [1.165, 1.54) is 13.2 Å². The number of anilines is 1. The summed E-state index contributed by atoms with van der Waals surface area (Å²) in [5.74, 6) is 0.268. The fourth-order valence-electron chi connectivity index (χ4n) is 0.988. The SMILES string of the molecule is CNc1ccc(OC)c([N+](=O)[O-])c1.Cl. The Morgan fingerprint density at radius 3 is 2.57 bits per heavy atom. The number of nitro benzene ring substituents is 1. The average molecular weight is 219 g/mol. The third-order valence-electron chi connectivity index (χ3n) is 1.66. The van der Waals surface area contributed by atoms with Gasteiger partial charge < -0.3 is 10.1 Å². The predicted molar refractivity (Wildman–Crippen MR) is 56.4 cm³/mol. The van der Waals surface area contributed by atoms with Crippen LogP contribution in [-0.4, -0.2) is 19.1 Å². The first-order valence-electron chi connectivity index (χ1n) is 3.69. The highest BCUT2D eigenvalue weighted by Crippen LogP contribution is 2.29. The molecule has 0 radical (unpaired) electrons. The zero-order valence-electron chi connectivity index (χ0n) is 7.81. The molecule has 1 aromatic carbocycles. The van der Waals surface area contributed by atoms with Crippen molar-refractivity contribution in [3.8, 4) is 5.75 Å². The van der Waals surface area contributed by atoms with Crippen LogP contribution in [0.1, 0.15) is 0 Å². The third kappa shape index (κ3) is 2.50. The molecule has 0 spiro atoms. The van der Waals surface area contributed by atoms with Crippen molar-refractivity contribution in [2.24, 2.45) is 0 Å². The number of nitro groups is 1. The number of hydrogen-bond donors (Lipinski definition) is 1. The zero-order valence-corrected chi connectivity index (χ0v) is 8.63. The predicted octanol–water partition coefficient (Wildman–Crippen LogP) is 2.07. The molecule has 1 aromatic rings. The van der Waals surface area contributed by atoms with E-state index in [0.29, 0.717) is 5.69 Å². The van der Waals surface area contributed by atoms with Crippen molar-refractivity contribution >= 4 is 23.8 Å². The van der Waals surface area contributed by atoms with Crippen LogP contribution in [0, 0.1) is 10.1 Å². The van der Waals surface area contributed by atoms with E-state index in [1.807, 2.05) is 0 Å². The summed E-state index contributed by atoms with van der Waals surface area (Å²) in [5, 5.41) is 13.4. The molecule has 0 heterocycles. The molecule has 0 aliphatic heterocycles. The van der Waals surface area contributed by atoms with Crippen molar-refractivity contribution in [3.05, 3.63) is 28.3 Å². The number of ether oxygens (including phenoxy) is 1. The van der Waals surface area contributed by atoms with Gasteiger partial charge in [-0.05, 0) is 12.1 Å². The first-order valence-corrected chi connectivity index (χ1v) is 3.69. The second-order valence-corrected chi connectivity index (χ2v) is 2.39. The summed E-state index contributed by atoms with van der Waals surface area (Å²) in [7, 11) is 3.10. The first-order chi connectivity index (χ1) is 6.19. The largest absolute Gasteiger partial charge is 0.490 e. The van der Waals surface area contributed by atoms with Crippen LogP contribution in [0.2, 0.25) is 0 Å². The molecule has 1 rings (SSSR count). The number of nitrogens with zero attached hydrogens (tertiary/aromatic N) is 1. The minimum absolute atomic E-state index is 0. The fraction of sp³-hybridized carbons (Fsp3) is 0.250. The summed E-state index contributed by atoms with van der Waals surface area (Å²) in [4.78, 5) is 10.1. The van der Waals surface area contributed by atoms with Gasteiger partial charge in [-0.25, -0.2) is 0 Å². The van der Waals surface area contributed by atoms with Crippen LogP contribution < -0.4 is 10.1 Å². The molecule has 0 amide bonds. The van der Waals surface area contributed by atoms with Crippen LogP contribution in [0.5, 0.6) is 5.75 Å². The third-order valence-corrected chi connectivity index (χ3v) is 1.66. The minimum atomic E-state index is -0.473. The van der Waals surface area contributed by atoms with Gasteiger partial charge in [0, 0.05) is 18.8 Å². The Hall–Kier alpha value is -1.49. The Labute approximate surface area is 87.6 Å². The van der Waals surface area contributed by atoms with Crippen molar-refractivity contribution in [2.75, 3.05) is 19.5 Å². The van der Waals surface area contributed by atoms with E-state index in [1.54, 1.807) is 19.2 Å². The lowest BCUT2D eigenvalue weighted by Crippen LogP contribution is -1.95. The molecule has 14 heavy (non-hydrogen) atoms.